The molecule has 3 heteroatoms. The number of hydrogen-bond acceptors (Lipinski definition) is 3. The predicted molar refractivity (Wildman–Crippen MR) is 38.6 cm³/mol. The van der Waals surface area contributed by atoms with Crippen molar-refractivity contribution in [2.45, 2.75) is 26.7 Å². The molecule has 0 spiro atoms. The van der Waals surface area contributed by atoms with Crippen molar-refractivity contribution in [3.8, 4) is 0 Å². The van der Waals surface area contributed by atoms with Crippen LogP contribution in [0.3, 0.4) is 0 Å². The van der Waals surface area contributed by atoms with Crippen LogP contribution in [0.25, 0.3) is 0 Å². The van der Waals surface area contributed by atoms with Crippen LogP contribution >= 0.6 is 0 Å². The molecule has 10 heavy (non-hydrogen) atoms. The average molecular weight is 148 g/mol. The largest absolute Gasteiger partial charge is 0.352 e. The fourth-order valence-corrected chi connectivity index (χ4v) is 0.585. The first-order valence-corrected chi connectivity index (χ1v) is 3.65. The minimum absolute atomic E-state index is 0.0174. The van der Waals surface area contributed by atoms with Gasteiger partial charge in [-0.2, -0.15) is 0 Å². The predicted octanol–water partition coefficient (Wildman–Crippen LogP) is 1.89. The summed E-state index contributed by atoms with van der Waals surface area (Å²) in [4.78, 5) is 3.74. The Morgan fingerprint density at radius 2 is 2.20 bits per heavy atom. The normalized spacial score (nSPS) is 13.5. The molecular weight excluding hydrogens is 132 g/mol. The van der Waals surface area contributed by atoms with E-state index in [2.05, 4.69) is 18.7 Å². The van der Waals surface area contributed by atoms with Crippen LogP contribution in [0.1, 0.15) is 26.7 Å². The topological polar surface area (TPSA) is 38.7 Å². The maximum absolute atomic E-state index is 7.86. The molecule has 1 unspecified atom stereocenters. The first-order valence-electron chi connectivity index (χ1n) is 3.65. The van der Waals surface area contributed by atoms with Crippen LogP contribution in [0.5, 0.6) is 0 Å². The van der Waals surface area contributed by atoms with E-state index in [0.717, 1.165) is 6.42 Å². The quantitative estimate of drug-likeness (QED) is 0.270. The van der Waals surface area contributed by atoms with Gasteiger partial charge in [-0.1, -0.05) is 20.3 Å². The molecule has 0 radical (unpaired) electrons. The van der Waals surface area contributed by atoms with Crippen molar-refractivity contribution in [1.82, 2.24) is 0 Å². The van der Waals surface area contributed by atoms with Gasteiger partial charge < -0.3 is 4.74 Å². The number of ether oxygens (including phenoxy) is 1. The average Bonchev–Trinajstić information content (AvgIpc) is 1.98. The Balaban J connectivity index is 2.89. The number of rotatable bonds is 6. The third-order valence-electron chi connectivity index (χ3n) is 1.59. The molecule has 0 aromatic heterocycles. The Kier molecular flexibility index (Phi) is 6.91. The fraction of sp³-hybridized carbons (Fsp3) is 1.00. The Labute approximate surface area is 61.9 Å². The molecule has 0 fully saturated rings. The molecule has 1 N–H and O–H groups in total. The third-order valence-corrected chi connectivity index (χ3v) is 1.59. The molecule has 62 valence electrons. The molecule has 0 aliphatic rings. The van der Waals surface area contributed by atoms with Crippen molar-refractivity contribution in [1.29, 1.82) is 0 Å². The zero-order chi connectivity index (χ0) is 7.82. The van der Waals surface area contributed by atoms with E-state index < -0.39 is 0 Å². The van der Waals surface area contributed by atoms with Crippen LogP contribution in [0.15, 0.2) is 0 Å². The van der Waals surface area contributed by atoms with Crippen LogP contribution in [0.2, 0.25) is 0 Å². The maximum Gasteiger partial charge on any atom is 0.180 e. The van der Waals surface area contributed by atoms with Crippen molar-refractivity contribution in [2.24, 2.45) is 5.92 Å². The molecule has 0 aromatic carbocycles. The van der Waals surface area contributed by atoms with Crippen molar-refractivity contribution in [3.05, 3.63) is 0 Å². The smallest absolute Gasteiger partial charge is 0.180 e. The lowest BCUT2D eigenvalue weighted by atomic mass is 10.1. The molecule has 0 heterocycles. The highest BCUT2D eigenvalue weighted by Gasteiger charge is 1.97. The summed E-state index contributed by atoms with van der Waals surface area (Å²) in [5.74, 6) is 0.693. The maximum atomic E-state index is 7.86. The molecule has 0 aliphatic carbocycles. The Bertz CT molecular complexity index is 65.9. The summed E-state index contributed by atoms with van der Waals surface area (Å²) in [6.07, 6.45) is 2.20. The minimum atomic E-state index is -0.0174. The van der Waals surface area contributed by atoms with E-state index in [1.807, 2.05) is 0 Å². The standard InChI is InChI=1S/C7H16O3/c1-3-7(2)4-5-9-6-10-8/h7-8H,3-6H2,1-2H3. The van der Waals surface area contributed by atoms with E-state index in [9.17, 15) is 0 Å². The molecule has 1 atom stereocenters. The summed E-state index contributed by atoms with van der Waals surface area (Å²) in [5.41, 5.74) is 0. The molecule has 0 aromatic rings. The van der Waals surface area contributed by atoms with E-state index >= 15 is 0 Å². The van der Waals surface area contributed by atoms with E-state index in [0.29, 0.717) is 12.5 Å². The van der Waals surface area contributed by atoms with Crippen molar-refractivity contribution in [2.75, 3.05) is 13.4 Å². The lowest BCUT2D eigenvalue weighted by molar-refractivity contribution is -0.296. The summed E-state index contributed by atoms with van der Waals surface area (Å²) in [6, 6.07) is 0. The summed E-state index contributed by atoms with van der Waals surface area (Å²) >= 11 is 0. The highest BCUT2D eigenvalue weighted by Crippen LogP contribution is 2.05. The second kappa shape index (κ2) is 6.99. The van der Waals surface area contributed by atoms with Gasteiger partial charge in [0.2, 0.25) is 0 Å². The second-order valence-electron chi connectivity index (χ2n) is 2.46. The van der Waals surface area contributed by atoms with Gasteiger partial charge in [-0.15, -0.1) is 0 Å². The summed E-state index contributed by atoms with van der Waals surface area (Å²) in [7, 11) is 0. The molecule has 3 nitrogen and oxygen atoms in total. The molecule has 0 bridgehead atoms. The van der Waals surface area contributed by atoms with E-state index in [-0.39, 0.29) is 6.79 Å². The van der Waals surface area contributed by atoms with Gasteiger partial charge in [0.25, 0.3) is 0 Å². The third kappa shape index (κ3) is 6.01. The van der Waals surface area contributed by atoms with E-state index in [1.165, 1.54) is 6.42 Å². The molecule has 0 aliphatic heterocycles. The van der Waals surface area contributed by atoms with Gasteiger partial charge in [0, 0.05) is 6.61 Å². The Hall–Kier alpha value is -0.120. The van der Waals surface area contributed by atoms with Gasteiger partial charge in [-0.25, -0.2) is 10.1 Å². The van der Waals surface area contributed by atoms with Crippen molar-refractivity contribution in [3.63, 3.8) is 0 Å². The van der Waals surface area contributed by atoms with Gasteiger partial charge >= 0.3 is 0 Å². The highest BCUT2D eigenvalue weighted by molar-refractivity contribution is 4.47. The first-order chi connectivity index (χ1) is 4.81. The van der Waals surface area contributed by atoms with Gasteiger partial charge in [-0.3, -0.25) is 0 Å². The van der Waals surface area contributed by atoms with Crippen LogP contribution in [-0.4, -0.2) is 18.7 Å². The second-order valence-corrected chi connectivity index (χ2v) is 2.46. The van der Waals surface area contributed by atoms with E-state index in [4.69, 9.17) is 9.99 Å². The monoisotopic (exact) mass is 148 g/mol. The van der Waals surface area contributed by atoms with Crippen LogP contribution in [0.4, 0.5) is 0 Å². The van der Waals surface area contributed by atoms with E-state index in [1.54, 1.807) is 0 Å². The summed E-state index contributed by atoms with van der Waals surface area (Å²) in [6.45, 7) is 4.96. The van der Waals surface area contributed by atoms with Crippen LogP contribution in [0, 0.1) is 5.92 Å². The Morgan fingerprint density at radius 1 is 1.50 bits per heavy atom. The SMILES string of the molecule is CCC(C)CCOCOO. The minimum Gasteiger partial charge on any atom is -0.352 e. The lowest BCUT2D eigenvalue weighted by Gasteiger charge is -2.06. The highest BCUT2D eigenvalue weighted by atomic mass is 17.1. The molecular formula is C7H16O3. The summed E-state index contributed by atoms with van der Waals surface area (Å²) in [5, 5.41) is 7.86. The molecule has 0 amide bonds. The van der Waals surface area contributed by atoms with Crippen molar-refractivity contribution < 1.29 is 14.9 Å². The fourth-order valence-electron chi connectivity index (χ4n) is 0.585. The molecule has 0 saturated carbocycles. The first kappa shape index (κ1) is 9.88. The Morgan fingerprint density at radius 3 is 2.70 bits per heavy atom. The molecule has 0 rings (SSSR count). The number of hydrogen-bond donors (Lipinski definition) is 1. The molecule has 0 saturated heterocycles. The van der Waals surface area contributed by atoms with Crippen molar-refractivity contribution >= 4 is 0 Å². The van der Waals surface area contributed by atoms with Gasteiger partial charge in [0.1, 0.15) is 0 Å². The van der Waals surface area contributed by atoms with Gasteiger partial charge in [-0.05, 0) is 12.3 Å². The van der Waals surface area contributed by atoms with Crippen LogP contribution in [-0.2, 0) is 9.62 Å². The van der Waals surface area contributed by atoms with Gasteiger partial charge in [0.05, 0.1) is 0 Å². The zero-order valence-corrected chi connectivity index (χ0v) is 6.67. The lowest BCUT2D eigenvalue weighted by Crippen LogP contribution is -2.03. The zero-order valence-electron chi connectivity index (χ0n) is 6.67. The van der Waals surface area contributed by atoms with Gasteiger partial charge in [0.15, 0.2) is 6.79 Å². The van der Waals surface area contributed by atoms with Crippen LogP contribution < -0.4 is 0 Å². The summed E-state index contributed by atoms with van der Waals surface area (Å²) < 4.78 is 4.88.